The number of nitrogens with one attached hydrogen (secondary N) is 1. The Labute approximate surface area is 155 Å². The van der Waals surface area contributed by atoms with Crippen molar-refractivity contribution in [3.8, 4) is 0 Å². The van der Waals surface area contributed by atoms with Gasteiger partial charge in [-0.3, -0.25) is 4.79 Å². The molecule has 2 rings (SSSR count). The van der Waals surface area contributed by atoms with Crippen molar-refractivity contribution in [2.24, 2.45) is 0 Å². The van der Waals surface area contributed by atoms with Gasteiger partial charge in [0.2, 0.25) is 15.9 Å². The lowest BCUT2D eigenvalue weighted by Crippen LogP contribution is -2.54. The molecule has 1 N–H and O–H groups in total. The number of ether oxygens (including phenoxy) is 3. The van der Waals surface area contributed by atoms with Gasteiger partial charge in [-0.1, -0.05) is 0 Å². The minimum absolute atomic E-state index is 0.168. The van der Waals surface area contributed by atoms with E-state index < -0.39 is 22.4 Å². The van der Waals surface area contributed by atoms with Gasteiger partial charge in [0.1, 0.15) is 6.17 Å². The summed E-state index contributed by atoms with van der Waals surface area (Å²) in [7, 11) is -1.65. The number of hydrogen-bond donors (Lipinski definition) is 1. The highest BCUT2D eigenvalue weighted by Gasteiger charge is 2.33. The molecule has 10 heteroatoms. The van der Waals surface area contributed by atoms with Crippen LogP contribution in [0, 0.1) is 0 Å². The molecule has 2 aliphatic rings. The Balaban J connectivity index is 2.09. The average Bonchev–Trinajstić information content (AvgIpc) is 2.90. The van der Waals surface area contributed by atoms with Crippen LogP contribution in [-0.4, -0.2) is 87.8 Å². The van der Waals surface area contributed by atoms with E-state index in [0.717, 1.165) is 0 Å². The normalized spacial score (nSPS) is 25.3. The highest BCUT2D eigenvalue weighted by Crippen LogP contribution is 2.18. The fourth-order valence-electron chi connectivity index (χ4n) is 3.02. The topological polar surface area (TPSA) is 97.4 Å². The fourth-order valence-corrected chi connectivity index (χ4v) is 4.58. The molecule has 0 bridgehead atoms. The number of amides is 1. The highest BCUT2D eigenvalue weighted by molar-refractivity contribution is 7.89. The van der Waals surface area contributed by atoms with E-state index in [0.29, 0.717) is 19.6 Å². The molecule has 150 valence electrons. The Morgan fingerprint density at radius 2 is 2.15 bits per heavy atom. The number of nitrogens with zero attached hydrogens (tertiary/aromatic N) is 2. The van der Waals surface area contributed by atoms with Crippen LogP contribution in [0.1, 0.15) is 20.3 Å². The van der Waals surface area contributed by atoms with E-state index in [9.17, 15) is 13.2 Å². The van der Waals surface area contributed by atoms with E-state index in [2.05, 4.69) is 5.32 Å². The fraction of sp³-hybridized carbons (Fsp3) is 0.812. The summed E-state index contributed by atoms with van der Waals surface area (Å²) >= 11 is 0. The van der Waals surface area contributed by atoms with Gasteiger partial charge in [-0.05, 0) is 20.3 Å². The lowest BCUT2D eigenvalue weighted by atomic mass is 10.3. The summed E-state index contributed by atoms with van der Waals surface area (Å²) in [6.45, 7) is 5.51. The molecule has 0 aromatic rings. The Bertz CT molecular complexity index is 597. The predicted octanol–water partition coefficient (Wildman–Crippen LogP) is -0.292. The molecule has 0 saturated carbocycles. The van der Waals surface area contributed by atoms with Gasteiger partial charge in [0.25, 0.3) is 0 Å². The monoisotopic (exact) mass is 391 g/mol. The first-order chi connectivity index (χ1) is 12.4. The predicted molar refractivity (Wildman–Crippen MR) is 95.6 cm³/mol. The van der Waals surface area contributed by atoms with Crippen molar-refractivity contribution in [3.05, 3.63) is 12.3 Å². The summed E-state index contributed by atoms with van der Waals surface area (Å²) < 4.78 is 42.6. The zero-order chi connectivity index (χ0) is 19.2. The van der Waals surface area contributed by atoms with Gasteiger partial charge in [0.05, 0.1) is 25.1 Å². The number of sulfonamides is 1. The second kappa shape index (κ2) is 9.65. The summed E-state index contributed by atoms with van der Waals surface area (Å²) in [5.74, 6) is 0.00674. The Morgan fingerprint density at radius 3 is 2.73 bits per heavy atom. The van der Waals surface area contributed by atoms with Gasteiger partial charge >= 0.3 is 0 Å². The Morgan fingerprint density at radius 1 is 1.38 bits per heavy atom. The summed E-state index contributed by atoms with van der Waals surface area (Å²) in [5.41, 5.74) is 0. The van der Waals surface area contributed by atoms with Gasteiger partial charge in [-0.25, -0.2) is 8.42 Å². The van der Waals surface area contributed by atoms with Crippen LogP contribution in [0.5, 0.6) is 0 Å². The smallest absolute Gasteiger partial charge is 0.247 e. The van der Waals surface area contributed by atoms with E-state index >= 15 is 0 Å². The SMILES string of the molecule is CCOC[C@@H](CN1CCCS1(=O)=O)O[C@H](COC)N1C=CC(=O)NC1C. The second-order valence-corrected chi connectivity index (χ2v) is 8.39. The van der Waals surface area contributed by atoms with Crippen molar-refractivity contribution < 1.29 is 27.4 Å². The lowest BCUT2D eigenvalue weighted by molar-refractivity contribution is -0.148. The maximum atomic E-state index is 12.1. The highest BCUT2D eigenvalue weighted by atomic mass is 32.2. The molecule has 26 heavy (non-hydrogen) atoms. The molecule has 9 nitrogen and oxygen atoms in total. The molecule has 0 aromatic heterocycles. The minimum Gasteiger partial charge on any atom is -0.380 e. The molecule has 2 aliphatic heterocycles. The van der Waals surface area contributed by atoms with Crippen LogP contribution < -0.4 is 5.32 Å². The first-order valence-electron chi connectivity index (χ1n) is 8.83. The standard InChI is InChI=1S/C16H29N3O6S/c1-4-24-11-14(10-18-7-5-9-26(18,21)22)25-16(12-23-3)19-8-6-15(20)17-13(19)2/h6,8,13-14,16H,4-5,7,9-12H2,1-3H3,(H,17,20)/t13?,14-,16-/m1/s1. The van der Waals surface area contributed by atoms with Crippen LogP contribution in [0.2, 0.25) is 0 Å². The van der Waals surface area contributed by atoms with Gasteiger partial charge in [0, 0.05) is 39.1 Å². The van der Waals surface area contributed by atoms with Crippen LogP contribution >= 0.6 is 0 Å². The summed E-state index contributed by atoms with van der Waals surface area (Å²) in [6, 6.07) is 0. The Hall–Kier alpha value is -1.20. The first kappa shape index (κ1) is 21.1. The minimum atomic E-state index is -3.22. The maximum absolute atomic E-state index is 12.1. The molecule has 0 radical (unpaired) electrons. The number of rotatable bonds is 10. The molecule has 2 heterocycles. The third-order valence-electron chi connectivity index (χ3n) is 4.31. The molecule has 3 atom stereocenters. The van der Waals surface area contributed by atoms with E-state index in [1.54, 1.807) is 13.3 Å². The zero-order valence-corrected chi connectivity index (χ0v) is 16.4. The van der Waals surface area contributed by atoms with Crippen molar-refractivity contribution in [2.75, 3.05) is 45.8 Å². The number of carbonyl (C=O) groups is 1. The van der Waals surface area contributed by atoms with Gasteiger partial charge < -0.3 is 24.4 Å². The van der Waals surface area contributed by atoms with Gasteiger partial charge in [0.15, 0.2) is 6.23 Å². The van der Waals surface area contributed by atoms with Gasteiger partial charge in [-0.2, -0.15) is 4.31 Å². The number of carbonyl (C=O) groups excluding carboxylic acids is 1. The lowest BCUT2D eigenvalue weighted by Gasteiger charge is -2.39. The van der Waals surface area contributed by atoms with Gasteiger partial charge in [-0.15, -0.1) is 0 Å². The summed E-state index contributed by atoms with van der Waals surface area (Å²) in [4.78, 5) is 13.3. The van der Waals surface area contributed by atoms with Crippen LogP contribution in [0.25, 0.3) is 0 Å². The molecular weight excluding hydrogens is 362 g/mol. The summed E-state index contributed by atoms with van der Waals surface area (Å²) in [5, 5.41) is 2.80. The number of hydrogen-bond acceptors (Lipinski definition) is 7. The molecule has 0 aliphatic carbocycles. The largest absolute Gasteiger partial charge is 0.380 e. The molecule has 1 unspecified atom stereocenters. The van der Waals surface area contributed by atoms with Crippen LogP contribution in [-0.2, 0) is 29.0 Å². The number of methoxy groups -OCH3 is 1. The first-order valence-corrected chi connectivity index (χ1v) is 10.4. The van der Waals surface area contributed by atoms with Crippen molar-refractivity contribution >= 4 is 15.9 Å². The molecule has 0 aromatic carbocycles. The van der Waals surface area contributed by atoms with Crippen LogP contribution in [0.4, 0.5) is 0 Å². The molecule has 1 saturated heterocycles. The zero-order valence-electron chi connectivity index (χ0n) is 15.6. The maximum Gasteiger partial charge on any atom is 0.247 e. The van der Waals surface area contributed by atoms with Crippen molar-refractivity contribution in [2.45, 2.75) is 38.8 Å². The third-order valence-corrected chi connectivity index (χ3v) is 6.23. The van der Waals surface area contributed by atoms with Crippen molar-refractivity contribution in [1.29, 1.82) is 0 Å². The van der Waals surface area contributed by atoms with Crippen LogP contribution in [0.3, 0.4) is 0 Å². The molecule has 0 spiro atoms. The quantitative estimate of drug-likeness (QED) is 0.546. The summed E-state index contributed by atoms with van der Waals surface area (Å²) in [6.07, 6.45) is 2.52. The van der Waals surface area contributed by atoms with Crippen molar-refractivity contribution in [3.63, 3.8) is 0 Å². The van der Waals surface area contributed by atoms with E-state index in [-0.39, 0.29) is 37.6 Å². The van der Waals surface area contributed by atoms with E-state index in [4.69, 9.17) is 14.2 Å². The molecule has 1 fully saturated rings. The molecular formula is C16H29N3O6S. The second-order valence-electron chi connectivity index (χ2n) is 6.30. The van der Waals surface area contributed by atoms with E-state index in [1.165, 1.54) is 10.4 Å². The van der Waals surface area contributed by atoms with E-state index in [1.807, 2.05) is 18.7 Å². The average molecular weight is 391 g/mol. The molecule has 1 amide bonds. The third kappa shape index (κ3) is 5.65. The van der Waals surface area contributed by atoms with Crippen LogP contribution in [0.15, 0.2) is 12.3 Å². The van der Waals surface area contributed by atoms with Crippen molar-refractivity contribution in [1.82, 2.24) is 14.5 Å². The Kier molecular flexibility index (Phi) is 7.84.